The Kier molecular flexibility index (Phi) is 7.14. The van der Waals surface area contributed by atoms with Gasteiger partial charge in [-0.15, -0.1) is 0 Å². The first-order valence-electron chi connectivity index (χ1n) is 8.45. The first-order chi connectivity index (χ1) is 12.1. The van der Waals surface area contributed by atoms with E-state index in [2.05, 4.69) is 15.3 Å². The summed E-state index contributed by atoms with van der Waals surface area (Å²) in [5.41, 5.74) is 0.178. The van der Waals surface area contributed by atoms with E-state index in [1.165, 1.54) is 12.4 Å². The normalized spacial score (nSPS) is 19.5. The summed E-state index contributed by atoms with van der Waals surface area (Å²) in [6.07, 6.45) is 6.20. The van der Waals surface area contributed by atoms with E-state index >= 15 is 0 Å². The van der Waals surface area contributed by atoms with Gasteiger partial charge in [-0.1, -0.05) is 0 Å². The van der Waals surface area contributed by atoms with Crippen molar-refractivity contribution in [3.05, 3.63) is 18.1 Å². The molecule has 8 nitrogen and oxygen atoms in total. The Balaban J connectivity index is 1.72. The monoisotopic (exact) mass is 346 g/mol. The van der Waals surface area contributed by atoms with Gasteiger partial charge in [0.2, 0.25) is 11.6 Å². The van der Waals surface area contributed by atoms with Gasteiger partial charge in [0.25, 0.3) is 5.88 Å². The Morgan fingerprint density at radius 2 is 1.96 bits per heavy atom. The molecule has 1 aromatic heterocycles. The minimum absolute atomic E-state index is 0.0449. The Labute approximate surface area is 146 Å². The maximum Gasteiger partial charge on any atom is 0.306 e. The number of ether oxygens (including phenoxy) is 2. The fraction of sp³-hybridized carbons (Fsp3) is 0.588. The maximum atomic E-state index is 11.9. The molecule has 0 bridgehead atoms. The van der Waals surface area contributed by atoms with Crippen LogP contribution < -0.4 is 10.1 Å². The molecule has 2 rings (SSSR count). The molecule has 1 amide bonds. The number of amides is 1. The predicted molar refractivity (Wildman–Crippen MR) is 87.4 cm³/mol. The van der Waals surface area contributed by atoms with Crippen LogP contribution >= 0.6 is 0 Å². The summed E-state index contributed by atoms with van der Waals surface area (Å²) in [5, 5.41) is 11.9. The second-order valence-electron chi connectivity index (χ2n) is 5.79. The molecule has 0 aromatic carbocycles. The van der Waals surface area contributed by atoms with Crippen molar-refractivity contribution in [3.63, 3.8) is 0 Å². The molecule has 0 radical (unpaired) electrons. The lowest BCUT2D eigenvalue weighted by Crippen LogP contribution is -2.39. The van der Waals surface area contributed by atoms with Crippen LogP contribution in [0.1, 0.15) is 51.1 Å². The Morgan fingerprint density at radius 1 is 1.24 bits per heavy atom. The number of nitrogens with one attached hydrogen (secondary N) is 1. The first kappa shape index (κ1) is 18.6. The van der Waals surface area contributed by atoms with Crippen LogP contribution in [0.4, 0.5) is 0 Å². The number of rotatable bonds is 7. The molecule has 134 valence electrons. The third-order valence-electron chi connectivity index (χ3n) is 3.95. The Morgan fingerprint density at radius 3 is 2.64 bits per heavy atom. The molecule has 1 aliphatic rings. The van der Waals surface area contributed by atoms with E-state index in [9.17, 15) is 9.59 Å². The van der Waals surface area contributed by atoms with Gasteiger partial charge < -0.3 is 14.8 Å². The molecule has 1 aromatic rings. The van der Waals surface area contributed by atoms with Gasteiger partial charge in [0.15, 0.2) is 0 Å². The van der Waals surface area contributed by atoms with E-state index in [1.807, 2.05) is 6.07 Å². The topological polar surface area (TPSA) is 114 Å². The molecule has 1 aliphatic carbocycles. The van der Waals surface area contributed by atoms with Crippen molar-refractivity contribution >= 4 is 11.9 Å². The molecular weight excluding hydrogens is 324 g/mol. The second kappa shape index (κ2) is 9.57. The van der Waals surface area contributed by atoms with Gasteiger partial charge >= 0.3 is 5.97 Å². The van der Waals surface area contributed by atoms with E-state index in [4.69, 9.17) is 14.7 Å². The number of hydrogen-bond acceptors (Lipinski definition) is 7. The standard InChI is InChI=1S/C17H22N4O4/c1-2-24-16(23)8-7-15(22)21-12-3-5-13(6-4-12)25-17-14(11-18)19-9-10-20-17/h9-10,12-13H,2-8H2,1H3,(H,21,22). The van der Waals surface area contributed by atoms with Gasteiger partial charge in [0.1, 0.15) is 12.2 Å². The van der Waals surface area contributed by atoms with Crippen molar-refractivity contribution in [1.29, 1.82) is 5.26 Å². The average Bonchev–Trinajstić information content (AvgIpc) is 2.62. The van der Waals surface area contributed by atoms with E-state index < -0.39 is 0 Å². The van der Waals surface area contributed by atoms with Gasteiger partial charge in [-0.05, 0) is 32.6 Å². The molecule has 25 heavy (non-hydrogen) atoms. The second-order valence-corrected chi connectivity index (χ2v) is 5.79. The fourth-order valence-electron chi connectivity index (χ4n) is 2.72. The minimum atomic E-state index is -0.355. The third kappa shape index (κ3) is 6.03. The zero-order valence-corrected chi connectivity index (χ0v) is 14.2. The van der Waals surface area contributed by atoms with Gasteiger partial charge in [-0.2, -0.15) is 5.26 Å². The van der Waals surface area contributed by atoms with Crippen LogP contribution in [0.2, 0.25) is 0 Å². The smallest absolute Gasteiger partial charge is 0.306 e. The number of nitriles is 1. The van der Waals surface area contributed by atoms with Gasteiger partial charge in [0.05, 0.1) is 13.0 Å². The van der Waals surface area contributed by atoms with E-state index in [-0.39, 0.29) is 48.4 Å². The van der Waals surface area contributed by atoms with Crippen LogP contribution in [0, 0.1) is 11.3 Å². The number of nitrogens with zero attached hydrogens (tertiary/aromatic N) is 3. The number of hydrogen-bond donors (Lipinski definition) is 1. The molecule has 0 atom stereocenters. The molecule has 0 aliphatic heterocycles. The van der Waals surface area contributed by atoms with Crippen molar-refractivity contribution in [2.24, 2.45) is 0 Å². The van der Waals surface area contributed by atoms with E-state index in [0.29, 0.717) is 6.61 Å². The molecule has 8 heteroatoms. The lowest BCUT2D eigenvalue weighted by atomic mass is 9.93. The molecule has 0 spiro atoms. The highest BCUT2D eigenvalue weighted by atomic mass is 16.5. The van der Waals surface area contributed by atoms with Crippen LogP contribution in [0.25, 0.3) is 0 Å². The number of carbonyl (C=O) groups is 2. The van der Waals surface area contributed by atoms with Crippen LogP contribution in [0.3, 0.4) is 0 Å². The first-order valence-corrected chi connectivity index (χ1v) is 8.45. The predicted octanol–water partition coefficient (Wildman–Crippen LogP) is 1.50. The van der Waals surface area contributed by atoms with Crippen molar-refractivity contribution in [2.75, 3.05) is 6.61 Å². The molecule has 0 unspecified atom stereocenters. The van der Waals surface area contributed by atoms with Gasteiger partial charge in [-0.3, -0.25) is 9.59 Å². The zero-order valence-electron chi connectivity index (χ0n) is 14.2. The maximum absolute atomic E-state index is 11.9. The van der Waals surface area contributed by atoms with E-state index in [1.54, 1.807) is 6.92 Å². The molecule has 1 saturated carbocycles. The van der Waals surface area contributed by atoms with Crippen molar-refractivity contribution < 1.29 is 19.1 Å². The number of carbonyl (C=O) groups excluding carboxylic acids is 2. The molecule has 0 saturated heterocycles. The Bertz CT molecular complexity index is 636. The molecule has 1 N–H and O–H groups in total. The zero-order chi connectivity index (χ0) is 18.1. The highest BCUT2D eigenvalue weighted by molar-refractivity contribution is 5.81. The van der Waals surface area contributed by atoms with Crippen molar-refractivity contribution in [3.8, 4) is 11.9 Å². The van der Waals surface area contributed by atoms with Gasteiger partial charge in [0, 0.05) is 24.9 Å². The van der Waals surface area contributed by atoms with Crippen molar-refractivity contribution in [2.45, 2.75) is 57.6 Å². The lowest BCUT2D eigenvalue weighted by molar-refractivity contribution is -0.144. The largest absolute Gasteiger partial charge is 0.472 e. The van der Waals surface area contributed by atoms with Crippen LogP contribution in [-0.2, 0) is 14.3 Å². The number of esters is 1. The molecule has 1 heterocycles. The van der Waals surface area contributed by atoms with Crippen molar-refractivity contribution in [1.82, 2.24) is 15.3 Å². The highest BCUT2D eigenvalue weighted by Crippen LogP contribution is 2.24. The summed E-state index contributed by atoms with van der Waals surface area (Å²) >= 11 is 0. The average molecular weight is 346 g/mol. The fourth-order valence-corrected chi connectivity index (χ4v) is 2.72. The van der Waals surface area contributed by atoms with E-state index in [0.717, 1.165) is 25.7 Å². The SMILES string of the molecule is CCOC(=O)CCC(=O)NC1CCC(Oc2nccnc2C#N)CC1. The third-order valence-corrected chi connectivity index (χ3v) is 3.95. The van der Waals surface area contributed by atoms with Crippen LogP contribution in [0.5, 0.6) is 5.88 Å². The van der Waals surface area contributed by atoms with Crippen LogP contribution in [-0.4, -0.2) is 40.6 Å². The quantitative estimate of drug-likeness (QED) is 0.744. The lowest BCUT2D eigenvalue weighted by Gasteiger charge is -2.29. The summed E-state index contributed by atoms with van der Waals surface area (Å²) in [7, 11) is 0. The van der Waals surface area contributed by atoms with Gasteiger partial charge in [-0.25, -0.2) is 9.97 Å². The molecule has 1 fully saturated rings. The molecular formula is C17H22N4O4. The number of aromatic nitrogens is 2. The Hall–Kier alpha value is -2.69. The summed E-state index contributed by atoms with van der Waals surface area (Å²) in [5.74, 6) is -0.239. The summed E-state index contributed by atoms with van der Waals surface area (Å²) < 4.78 is 10.6. The minimum Gasteiger partial charge on any atom is -0.472 e. The highest BCUT2D eigenvalue weighted by Gasteiger charge is 2.25. The van der Waals surface area contributed by atoms with Crippen LogP contribution in [0.15, 0.2) is 12.4 Å². The summed E-state index contributed by atoms with van der Waals surface area (Å²) in [4.78, 5) is 31.1. The summed E-state index contributed by atoms with van der Waals surface area (Å²) in [6, 6.07) is 2.03. The summed E-state index contributed by atoms with van der Waals surface area (Å²) in [6.45, 7) is 2.06.